The molecule has 9 heteroatoms. The Hall–Kier alpha value is -3.10. The molecule has 0 aliphatic carbocycles. The van der Waals surface area contributed by atoms with E-state index in [1.807, 2.05) is 19.1 Å². The Morgan fingerprint density at radius 1 is 1.06 bits per heavy atom. The van der Waals surface area contributed by atoms with Gasteiger partial charge in [0.15, 0.2) is 9.84 Å². The number of halogens is 2. The average molecular weight is 457 g/mol. The van der Waals surface area contributed by atoms with Gasteiger partial charge in [-0.2, -0.15) is 0 Å². The number of sulfone groups is 1. The summed E-state index contributed by atoms with van der Waals surface area (Å²) in [5.41, 5.74) is 8.45. The number of aromatic nitrogens is 3. The average Bonchev–Trinajstić information content (AvgIpc) is 2.74. The number of nitrogens with two attached hydrogens (primary N) is 1. The topological polar surface area (TPSA) is 98.8 Å². The van der Waals surface area contributed by atoms with Gasteiger partial charge in [0.25, 0.3) is 0 Å². The van der Waals surface area contributed by atoms with Crippen molar-refractivity contribution in [1.82, 2.24) is 15.0 Å². The van der Waals surface area contributed by atoms with E-state index in [9.17, 15) is 12.8 Å². The Labute approximate surface area is 183 Å². The molecule has 0 aliphatic rings. The van der Waals surface area contributed by atoms with Gasteiger partial charge in [-0.25, -0.2) is 22.8 Å². The van der Waals surface area contributed by atoms with Crippen LogP contribution in [0.5, 0.6) is 0 Å². The summed E-state index contributed by atoms with van der Waals surface area (Å²) in [5.74, 6) is -1.11. The Morgan fingerprint density at radius 2 is 1.84 bits per heavy atom. The first kappa shape index (κ1) is 21.1. The van der Waals surface area contributed by atoms with E-state index in [0.29, 0.717) is 12.0 Å². The van der Waals surface area contributed by atoms with Gasteiger partial charge < -0.3 is 5.73 Å². The summed E-state index contributed by atoms with van der Waals surface area (Å²) in [4.78, 5) is 12.4. The van der Waals surface area contributed by atoms with E-state index in [4.69, 9.17) is 17.3 Å². The number of hydrogen-bond donors (Lipinski definition) is 1. The first-order chi connectivity index (χ1) is 14.8. The third kappa shape index (κ3) is 4.22. The van der Waals surface area contributed by atoms with Crippen LogP contribution in [0.4, 0.5) is 10.3 Å². The SMILES string of the molecule is CCc1cc(-c2cnc(CS(=O)(=O)c3ccccc3Cl)c(F)c2)cc2cnc(N)nc12. The molecular weight excluding hydrogens is 439 g/mol. The monoisotopic (exact) mass is 456 g/mol. The standard InChI is InChI=1S/C22H18ClFN4O2S/c1-2-13-7-14(8-16-11-27-22(25)28-21(13)16)15-9-18(24)19(26-10-15)12-31(29,30)20-6-4-3-5-17(20)23/h3-11H,2,12H2,1H3,(H2,25,27,28). The molecule has 6 nitrogen and oxygen atoms in total. The van der Waals surface area contributed by atoms with E-state index >= 15 is 0 Å². The van der Waals surface area contributed by atoms with Crippen molar-refractivity contribution in [2.75, 3.05) is 5.73 Å². The largest absolute Gasteiger partial charge is 0.368 e. The predicted molar refractivity (Wildman–Crippen MR) is 119 cm³/mol. The fourth-order valence-electron chi connectivity index (χ4n) is 3.35. The second-order valence-electron chi connectivity index (χ2n) is 7.00. The van der Waals surface area contributed by atoms with Crippen molar-refractivity contribution in [3.63, 3.8) is 0 Å². The van der Waals surface area contributed by atoms with Gasteiger partial charge in [-0.15, -0.1) is 0 Å². The highest BCUT2D eigenvalue weighted by Crippen LogP contribution is 2.29. The molecule has 0 saturated heterocycles. The molecule has 0 aliphatic heterocycles. The Kier molecular flexibility index (Phi) is 5.60. The van der Waals surface area contributed by atoms with E-state index in [1.165, 1.54) is 24.4 Å². The highest BCUT2D eigenvalue weighted by molar-refractivity contribution is 7.90. The number of benzene rings is 2. The van der Waals surface area contributed by atoms with Gasteiger partial charge in [-0.3, -0.25) is 4.98 Å². The van der Waals surface area contributed by atoms with E-state index in [-0.39, 0.29) is 21.6 Å². The van der Waals surface area contributed by atoms with Crippen molar-refractivity contribution in [3.05, 3.63) is 77.0 Å². The molecule has 0 amide bonds. The molecule has 0 radical (unpaired) electrons. The van der Waals surface area contributed by atoms with Crippen LogP contribution in [0.3, 0.4) is 0 Å². The van der Waals surface area contributed by atoms with Crippen LogP contribution in [-0.2, 0) is 22.0 Å². The molecule has 0 spiro atoms. The molecule has 158 valence electrons. The second kappa shape index (κ2) is 8.20. The summed E-state index contributed by atoms with van der Waals surface area (Å²) >= 11 is 5.99. The van der Waals surface area contributed by atoms with Crippen LogP contribution in [0.15, 0.2) is 59.8 Å². The number of aryl methyl sites for hydroxylation is 1. The predicted octanol–water partition coefficient (Wildman–Crippen LogP) is 4.60. The first-order valence-corrected chi connectivity index (χ1v) is 11.5. The van der Waals surface area contributed by atoms with Crippen LogP contribution in [0.2, 0.25) is 5.02 Å². The van der Waals surface area contributed by atoms with E-state index < -0.39 is 21.4 Å². The molecule has 2 aromatic heterocycles. The normalized spacial score (nSPS) is 11.7. The van der Waals surface area contributed by atoms with Crippen LogP contribution in [-0.4, -0.2) is 23.4 Å². The number of hydrogen-bond acceptors (Lipinski definition) is 6. The smallest absolute Gasteiger partial charge is 0.220 e. The molecule has 0 saturated carbocycles. The van der Waals surface area contributed by atoms with Crippen LogP contribution in [0, 0.1) is 5.82 Å². The molecule has 31 heavy (non-hydrogen) atoms. The number of pyridine rings is 1. The van der Waals surface area contributed by atoms with Gasteiger partial charge in [-0.05, 0) is 47.9 Å². The quantitative estimate of drug-likeness (QED) is 0.471. The molecule has 2 aromatic carbocycles. The molecule has 0 atom stereocenters. The lowest BCUT2D eigenvalue weighted by Gasteiger charge is -2.11. The number of anilines is 1. The summed E-state index contributed by atoms with van der Waals surface area (Å²) in [6.45, 7) is 1.98. The van der Waals surface area contributed by atoms with Crippen molar-refractivity contribution in [2.45, 2.75) is 24.0 Å². The van der Waals surface area contributed by atoms with Crippen molar-refractivity contribution < 1.29 is 12.8 Å². The number of fused-ring (bicyclic) bond motifs is 1. The summed E-state index contributed by atoms with van der Waals surface area (Å²) in [7, 11) is -3.85. The van der Waals surface area contributed by atoms with Crippen molar-refractivity contribution >= 4 is 38.3 Å². The lowest BCUT2D eigenvalue weighted by Crippen LogP contribution is -2.09. The summed E-state index contributed by atoms with van der Waals surface area (Å²) < 4.78 is 40.2. The lowest BCUT2D eigenvalue weighted by atomic mass is 10.00. The number of nitrogens with zero attached hydrogens (tertiary/aromatic N) is 3. The Bertz CT molecular complexity index is 1410. The minimum absolute atomic E-state index is 0.0525. The van der Waals surface area contributed by atoms with E-state index in [2.05, 4.69) is 15.0 Å². The zero-order valence-corrected chi connectivity index (χ0v) is 18.1. The Morgan fingerprint density at radius 3 is 2.55 bits per heavy atom. The minimum atomic E-state index is -3.85. The molecule has 4 aromatic rings. The van der Waals surface area contributed by atoms with Gasteiger partial charge in [0.05, 0.1) is 26.9 Å². The van der Waals surface area contributed by atoms with Gasteiger partial charge in [0.1, 0.15) is 5.82 Å². The molecule has 4 rings (SSSR count). The first-order valence-electron chi connectivity index (χ1n) is 9.45. The maximum atomic E-state index is 14.8. The highest BCUT2D eigenvalue weighted by atomic mass is 35.5. The molecule has 2 heterocycles. The molecule has 0 bridgehead atoms. The highest BCUT2D eigenvalue weighted by Gasteiger charge is 2.21. The van der Waals surface area contributed by atoms with Crippen LogP contribution in [0.1, 0.15) is 18.2 Å². The van der Waals surface area contributed by atoms with Crippen molar-refractivity contribution in [3.8, 4) is 11.1 Å². The fourth-order valence-corrected chi connectivity index (χ4v) is 5.22. The van der Waals surface area contributed by atoms with Crippen molar-refractivity contribution in [1.29, 1.82) is 0 Å². The molecule has 0 unspecified atom stereocenters. The molecule has 2 N–H and O–H groups in total. The minimum Gasteiger partial charge on any atom is -0.368 e. The third-order valence-corrected chi connectivity index (χ3v) is 7.03. The van der Waals surface area contributed by atoms with E-state index in [1.54, 1.807) is 18.3 Å². The number of rotatable bonds is 5. The van der Waals surface area contributed by atoms with Crippen LogP contribution >= 0.6 is 11.6 Å². The summed E-state index contributed by atoms with van der Waals surface area (Å²) in [6.07, 6.45) is 3.78. The zero-order valence-electron chi connectivity index (χ0n) is 16.5. The zero-order chi connectivity index (χ0) is 22.2. The maximum Gasteiger partial charge on any atom is 0.220 e. The number of nitrogen functional groups attached to an aromatic ring is 1. The van der Waals surface area contributed by atoms with Crippen LogP contribution < -0.4 is 5.73 Å². The van der Waals surface area contributed by atoms with Gasteiger partial charge in [0, 0.05) is 23.3 Å². The van der Waals surface area contributed by atoms with Gasteiger partial charge in [-0.1, -0.05) is 30.7 Å². The third-order valence-electron chi connectivity index (χ3n) is 4.91. The van der Waals surface area contributed by atoms with Gasteiger partial charge >= 0.3 is 0 Å². The maximum absolute atomic E-state index is 14.8. The Balaban J connectivity index is 1.71. The molecule has 0 fully saturated rings. The second-order valence-corrected chi connectivity index (χ2v) is 9.36. The van der Waals surface area contributed by atoms with E-state index in [0.717, 1.165) is 22.0 Å². The summed E-state index contributed by atoms with van der Waals surface area (Å²) in [5, 5.41) is 0.861. The fraction of sp³-hybridized carbons (Fsp3) is 0.136. The van der Waals surface area contributed by atoms with Gasteiger partial charge in [0.2, 0.25) is 5.95 Å². The summed E-state index contributed by atoms with van der Waals surface area (Å²) in [6, 6.07) is 11.1. The molecular formula is C22H18ClFN4O2S. The van der Waals surface area contributed by atoms with Crippen LogP contribution in [0.25, 0.3) is 22.0 Å². The van der Waals surface area contributed by atoms with Crippen molar-refractivity contribution in [2.24, 2.45) is 0 Å². The lowest BCUT2D eigenvalue weighted by molar-refractivity contribution is 0.583.